The number of anilines is 1. The smallest absolute Gasteiger partial charge is 0.255 e. The van der Waals surface area contributed by atoms with E-state index in [0.29, 0.717) is 22.8 Å². The predicted octanol–water partition coefficient (Wildman–Crippen LogP) is 6.41. The first-order valence-corrected chi connectivity index (χ1v) is 9.43. The number of halogens is 4. The monoisotopic (exact) mass is 399 g/mol. The maximum absolute atomic E-state index is 14.0. The number of amides is 1. The molecule has 1 amide bonds. The number of thioether (sulfide) groups is 1. The van der Waals surface area contributed by atoms with Crippen molar-refractivity contribution in [1.29, 1.82) is 0 Å². The largest absolute Gasteiger partial charge is 0.322 e. The van der Waals surface area contributed by atoms with E-state index in [-0.39, 0.29) is 16.7 Å². The van der Waals surface area contributed by atoms with Crippen LogP contribution in [0.3, 0.4) is 0 Å². The van der Waals surface area contributed by atoms with Crippen LogP contribution in [0.4, 0.5) is 23.2 Å². The molecule has 0 spiro atoms. The lowest BCUT2D eigenvalue weighted by Crippen LogP contribution is -2.13. The van der Waals surface area contributed by atoms with Gasteiger partial charge in [-0.3, -0.25) is 4.79 Å². The Hall–Kier alpha value is -2.02. The third kappa shape index (κ3) is 6.27. The summed E-state index contributed by atoms with van der Waals surface area (Å²) in [7, 11) is 0. The summed E-state index contributed by atoms with van der Waals surface area (Å²) in [5.74, 6) is -4.82. The number of carbonyl (C=O) groups is 1. The van der Waals surface area contributed by atoms with Gasteiger partial charge in [-0.15, -0.1) is 11.8 Å². The van der Waals surface area contributed by atoms with Crippen LogP contribution in [-0.2, 0) is 0 Å². The molecule has 0 heterocycles. The number of benzene rings is 2. The van der Waals surface area contributed by atoms with Crippen molar-refractivity contribution in [3.05, 3.63) is 59.2 Å². The van der Waals surface area contributed by atoms with E-state index >= 15 is 0 Å². The highest BCUT2D eigenvalue weighted by molar-refractivity contribution is 7.99. The first kappa shape index (κ1) is 21.3. The van der Waals surface area contributed by atoms with Gasteiger partial charge in [0.1, 0.15) is 5.82 Å². The van der Waals surface area contributed by atoms with Gasteiger partial charge in [-0.25, -0.2) is 17.6 Å². The zero-order chi connectivity index (χ0) is 20.2. The lowest BCUT2D eigenvalue weighted by molar-refractivity contribution is 0.102. The minimum atomic E-state index is -1.61. The Labute approximate surface area is 160 Å². The molecule has 7 heteroatoms. The van der Waals surface area contributed by atoms with Crippen LogP contribution < -0.4 is 5.32 Å². The first-order chi connectivity index (χ1) is 12.6. The van der Waals surface area contributed by atoms with E-state index in [1.807, 2.05) is 0 Å². The Balaban J connectivity index is 2.06. The SMILES string of the molecule is CC(C)(C)CCCSc1cc(C(=O)Nc2cc(F)c(F)c(F)c2)ccc1F. The lowest BCUT2D eigenvalue weighted by Gasteiger charge is -2.17. The molecule has 0 atom stereocenters. The zero-order valence-electron chi connectivity index (χ0n) is 15.3. The number of hydrogen-bond acceptors (Lipinski definition) is 2. The lowest BCUT2D eigenvalue weighted by atomic mass is 9.91. The van der Waals surface area contributed by atoms with Gasteiger partial charge >= 0.3 is 0 Å². The van der Waals surface area contributed by atoms with Gasteiger partial charge in [-0.1, -0.05) is 20.8 Å². The summed E-state index contributed by atoms with van der Waals surface area (Å²) < 4.78 is 53.5. The Morgan fingerprint density at radius 1 is 1.00 bits per heavy atom. The van der Waals surface area contributed by atoms with Crippen molar-refractivity contribution < 1.29 is 22.4 Å². The molecular weight excluding hydrogens is 378 g/mol. The van der Waals surface area contributed by atoms with Crippen molar-refractivity contribution in [2.75, 3.05) is 11.1 Å². The maximum Gasteiger partial charge on any atom is 0.255 e. The van der Waals surface area contributed by atoms with Crippen LogP contribution in [0.15, 0.2) is 35.2 Å². The molecular formula is C20H21F4NOS. The van der Waals surface area contributed by atoms with E-state index in [1.165, 1.54) is 30.0 Å². The summed E-state index contributed by atoms with van der Waals surface area (Å²) in [6.07, 6.45) is 1.89. The second kappa shape index (κ2) is 8.78. The molecule has 0 aromatic heterocycles. The average molecular weight is 399 g/mol. The van der Waals surface area contributed by atoms with Gasteiger partial charge < -0.3 is 5.32 Å². The first-order valence-electron chi connectivity index (χ1n) is 8.45. The van der Waals surface area contributed by atoms with Crippen LogP contribution in [-0.4, -0.2) is 11.7 Å². The van der Waals surface area contributed by atoms with Gasteiger partial charge in [0, 0.05) is 28.3 Å². The van der Waals surface area contributed by atoms with Gasteiger partial charge in [0.2, 0.25) is 0 Å². The number of hydrogen-bond donors (Lipinski definition) is 1. The molecule has 0 aliphatic heterocycles. The quantitative estimate of drug-likeness (QED) is 0.263. The molecule has 2 rings (SSSR count). The molecule has 0 aliphatic carbocycles. The maximum atomic E-state index is 14.0. The highest BCUT2D eigenvalue weighted by Gasteiger charge is 2.15. The third-order valence-electron chi connectivity index (χ3n) is 3.76. The molecule has 146 valence electrons. The number of carbonyl (C=O) groups excluding carboxylic acids is 1. The van der Waals surface area contributed by atoms with Gasteiger partial charge in [0.05, 0.1) is 0 Å². The van der Waals surface area contributed by atoms with Crippen LogP contribution in [0.5, 0.6) is 0 Å². The molecule has 0 saturated carbocycles. The van der Waals surface area contributed by atoms with E-state index in [4.69, 9.17) is 0 Å². The standard InChI is InChI=1S/C20H21F4NOS/c1-20(2,3)7-4-8-27-17-9-12(5-6-14(17)21)19(26)25-13-10-15(22)18(24)16(23)11-13/h5-6,9-11H,4,7-8H2,1-3H3,(H,25,26). The number of rotatable bonds is 6. The van der Waals surface area contributed by atoms with Crippen LogP contribution in [0.25, 0.3) is 0 Å². The molecule has 27 heavy (non-hydrogen) atoms. The molecule has 0 aliphatic rings. The summed E-state index contributed by atoms with van der Waals surface area (Å²) in [6.45, 7) is 6.39. The molecule has 0 unspecified atom stereocenters. The minimum Gasteiger partial charge on any atom is -0.322 e. The Morgan fingerprint density at radius 2 is 1.63 bits per heavy atom. The zero-order valence-corrected chi connectivity index (χ0v) is 16.2. The second-order valence-electron chi connectivity index (χ2n) is 7.37. The van der Waals surface area contributed by atoms with Crippen LogP contribution in [0.2, 0.25) is 0 Å². The van der Waals surface area contributed by atoms with Gasteiger partial charge in [0.25, 0.3) is 5.91 Å². The van der Waals surface area contributed by atoms with Crippen molar-refractivity contribution >= 4 is 23.4 Å². The van der Waals surface area contributed by atoms with Crippen molar-refractivity contribution in [3.63, 3.8) is 0 Å². The van der Waals surface area contributed by atoms with Crippen LogP contribution in [0.1, 0.15) is 44.0 Å². The second-order valence-corrected chi connectivity index (χ2v) is 8.50. The highest BCUT2D eigenvalue weighted by atomic mass is 32.2. The third-order valence-corrected chi connectivity index (χ3v) is 4.88. The van der Waals surface area contributed by atoms with Crippen molar-refractivity contribution in [3.8, 4) is 0 Å². The van der Waals surface area contributed by atoms with Crippen LogP contribution in [0, 0.1) is 28.7 Å². The number of nitrogens with one attached hydrogen (secondary N) is 1. The van der Waals surface area contributed by atoms with Gasteiger partial charge in [-0.05, 0) is 42.2 Å². The molecule has 2 nitrogen and oxygen atoms in total. The summed E-state index contributed by atoms with van der Waals surface area (Å²) in [4.78, 5) is 12.6. The van der Waals surface area contributed by atoms with Crippen molar-refractivity contribution in [2.45, 2.75) is 38.5 Å². The Kier molecular flexibility index (Phi) is 6.92. The molecule has 0 saturated heterocycles. The summed E-state index contributed by atoms with van der Waals surface area (Å²) in [6, 6.07) is 5.21. The minimum absolute atomic E-state index is 0.139. The highest BCUT2D eigenvalue weighted by Crippen LogP contribution is 2.28. The fourth-order valence-corrected chi connectivity index (χ4v) is 3.30. The molecule has 0 bridgehead atoms. The summed E-state index contributed by atoms with van der Waals surface area (Å²) in [5.41, 5.74) is 0.112. The van der Waals surface area contributed by atoms with E-state index in [1.54, 1.807) is 0 Å². The van der Waals surface area contributed by atoms with Crippen molar-refractivity contribution in [2.24, 2.45) is 5.41 Å². The molecule has 0 fully saturated rings. The molecule has 0 radical (unpaired) electrons. The summed E-state index contributed by atoms with van der Waals surface area (Å²) >= 11 is 1.31. The van der Waals surface area contributed by atoms with Gasteiger partial charge in [-0.2, -0.15) is 0 Å². The van der Waals surface area contributed by atoms with Gasteiger partial charge in [0.15, 0.2) is 17.5 Å². The summed E-state index contributed by atoms with van der Waals surface area (Å²) in [5, 5.41) is 2.28. The molecule has 1 N–H and O–H groups in total. The topological polar surface area (TPSA) is 29.1 Å². The fourth-order valence-electron chi connectivity index (χ4n) is 2.37. The molecule has 2 aromatic rings. The van der Waals surface area contributed by atoms with Crippen LogP contribution >= 0.6 is 11.8 Å². The van der Waals surface area contributed by atoms with E-state index < -0.39 is 29.2 Å². The van der Waals surface area contributed by atoms with E-state index in [0.717, 1.165) is 12.8 Å². The van der Waals surface area contributed by atoms with E-state index in [2.05, 4.69) is 26.1 Å². The predicted molar refractivity (Wildman–Crippen MR) is 100 cm³/mol. The Bertz CT molecular complexity index is 810. The van der Waals surface area contributed by atoms with E-state index in [9.17, 15) is 22.4 Å². The average Bonchev–Trinajstić information content (AvgIpc) is 2.57. The normalized spacial score (nSPS) is 11.5. The van der Waals surface area contributed by atoms with Crippen molar-refractivity contribution in [1.82, 2.24) is 0 Å². The fraction of sp³-hybridized carbons (Fsp3) is 0.350. The molecule has 2 aromatic carbocycles. The Morgan fingerprint density at radius 3 is 2.22 bits per heavy atom.